The summed E-state index contributed by atoms with van der Waals surface area (Å²) in [6.07, 6.45) is -0.120. The Morgan fingerprint density at radius 2 is 1.84 bits per heavy atom. The number of aliphatic hydroxyl groups is 1. The van der Waals surface area contributed by atoms with E-state index in [1.54, 1.807) is 0 Å². The van der Waals surface area contributed by atoms with Crippen molar-refractivity contribution in [3.63, 3.8) is 0 Å². The first-order chi connectivity index (χ1) is 8.75. The number of aliphatic hydroxyl groups excluding tert-OH is 1. The zero-order chi connectivity index (χ0) is 14.8. The number of carbonyl (C=O) groups excluding carboxylic acids is 2. The van der Waals surface area contributed by atoms with Crippen LogP contribution in [0.5, 0.6) is 0 Å². The van der Waals surface area contributed by atoms with Gasteiger partial charge in [0.2, 0.25) is 5.91 Å². The zero-order valence-electron chi connectivity index (χ0n) is 10.9. The first-order valence-electron chi connectivity index (χ1n) is 6.02. The molecule has 0 saturated carbocycles. The van der Waals surface area contributed by atoms with E-state index in [2.05, 4.69) is 0 Å². The molecule has 1 aliphatic rings. The van der Waals surface area contributed by atoms with Gasteiger partial charge in [0.05, 0.1) is 0 Å². The lowest BCUT2D eigenvalue weighted by Gasteiger charge is -2.33. The van der Waals surface area contributed by atoms with Crippen LogP contribution in [0.15, 0.2) is 0 Å². The number of carbonyl (C=O) groups is 2. The standard InChI is InChI=1S/C10H19N2O6P/c1-3-10(4-2,19(16,17)18)8(14)12-6-5-11(7-13)9(12)15/h13H,3-7H2,1-2H3,(H2,16,17,18). The number of rotatable bonds is 5. The Morgan fingerprint density at radius 3 is 2.16 bits per heavy atom. The van der Waals surface area contributed by atoms with Crippen LogP contribution in [0.4, 0.5) is 4.79 Å². The van der Waals surface area contributed by atoms with Gasteiger partial charge in [-0.2, -0.15) is 0 Å². The van der Waals surface area contributed by atoms with Gasteiger partial charge >= 0.3 is 13.6 Å². The van der Waals surface area contributed by atoms with Crippen molar-refractivity contribution in [3.8, 4) is 0 Å². The fourth-order valence-electron chi connectivity index (χ4n) is 2.24. The van der Waals surface area contributed by atoms with Gasteiger partial charge in [-0.3, -0.25) is 19.2 Å². The molecule has 1 rings (SSSR count). The molecule has 8 nitrogen and oxygen atoms in total. The molecular weight excluding hydrogens is 275 g/mol. The number of nitrogens with zero attached hydrogens (tertiary/aromatic N) is 2. The van der Waals surface area contributed by atoms with E-state index in [-0.39, 0.29) is 25.9 Å². The first kappa shape index (κ1) is 16.1. The summed E-state index contributed by atoms with van der Waals surface area (Å²) in [5.41, 5.74) is 0. The monoisotopic (exact) mass is 294 g/mol. The molecule has 0 bridgehead atoms. The average molecular weight is 294 g/mol. The second-order valence-corrected chi connectivity index (χ2v) is 6.37. The van der Waals surface area contributed by atoms with E-state index in [0.717, 1.165) is 9.80 Å². The number of hydrogen-bond donors (Lipinski definition) is 3. The Kier molecular flexibility index (Phi) is 4.73. The molecule has 0 aromatic carbocycles. The Balaban J connectivity index is 3.10. The first-order valence-corrected chi connectivity index (χ1v) is 7.63. The SMILES string of the molecule is CCC(CC)(C(=O)N1CCN(CO)C1=O)P(=O)(O)O. The maximum atomic E-state index is 12.4. The van der Waals surface area contributed by atoms with E-state index in [9.17, 15) is 23.9 Å². The molecule has 3 N–H and O–H groups in total. The molecule has 1 saturated heterocycles. The molecule has 1 fully saturated rings. The van der Waals surface area contributed by atoms with Crippen molar-refractivity contribution in [2.45, 2.75) is 31.8 Å². The van der Waals surface area contributed by atoms with Crippen molar-refractivity contribution in [1.82, 2.24) is 9.80 Å². The molecule has 0 aromatic rings. The highest BCUT2D eigenvalue weighted by Gasteiger charge is 2.54. The summed E-state index contributed by atoms with van der Waals surface area (Å²) in [7, 11) is -4.69. The summed E-state index contributed by atoms with van der Waals surface area (Å²) in [4.78, 5) is 44.9. The van der Waals surface area contributed by atoms with Crippen LogP contribution >= 0.6 is 7.60 Å². The van der Waals surface area contributed by atoms with Gasteiger partial charge in [-0.15, -0.1) is 0 Å². The van der Waals surface area contributed by atoms with Gasteiger partial charge in [0.1, 0.15) is 6.73 Å². The quantitative estimate of drug-likeness (QED) is 0.611. The molecule has 1 aliphatic heterocycles. The van der Waals surface area contributed by atoms with Gasteiger partial charge in [0.25, 0.3) is 0 Å². The van der Waals surface area contributed by atoms with Gasteiger partial charge in [-0.05, 0) is 12.8 Å². The second kappa shape index (κ2) is 5.58. The molecule has 110 valence electrons. The molecule has 0 radical (unpaired) electrons. The van der Waals surface area contributed by atoms with Gasteiger partial charge in [-0.1, -0.05) is 13.8 Å². The highest BCUT2D eigenvalue weighted by atomic mass is 31.2. The van der Waals surface area contributed by atoms with E-state index < -0.39 is 31.4 Å². The lowest BCUT2D eigenvalue weighted by molar-refractivity contribution is -0.131. The number of hydrogen-bond acceptors (Lipinski definition) is 4. The van der Waals surface area contributed by atoms with Crippen LogP contribution in [-0.4, -0.2) is 61.6 Å². The number of amides is 3. The zero-order valence-corrected chi connectivity index (χ0v) is 11.8. The molecule has 0 atom stereocenters. The third-order valence-electron chi connectivity index (χ3n) is 3.64. The maximum Gasteiger partial charge on any atom is 0.341 e. The fourth-order valence-corrected chi connectivity index (χ4v) is 3.44. The highest BCUT2D eigenvalue weighted by Crippen LogP contribution is 2.55. The van der Waals surface area contributed by atoms with Gasteiger partial charge in [0.15, 0.2) is 5.16 Å². The molecule has 0 unspecified atom stereocenters. The number of imide groups is 1. The molecule has 0 aromatic heterocycles. The van der Waals surface area contributed by atoms with Crippen LogP contribution < -0.4 is 0 Å². The lowest BCUT2D eigenvalue weighted by atomic mass is 10.0. The van der Waals surface area contributed by atoms with Crippen molar-refractivity contribution in [1.29, 1.82) is 0 Å². The Labute approximate surface area is 111 Å². The van der Waals surface area contributed by atoms with Crippen molar-refractivity contribution in [2.24, 2.45) is 0 Å². The van der Waals surface area contributed by atoms with Gasteiger partial charge < -0.3 is 14.9 Å². The van der Waals surface area contributed by atoms with Crippen molar-refractivity contribution in [3.05, 3.63) is 0 Å². The summed E-state index contributed by atoms with van der Waals surface area (Å²) in [6, 6.07) is -0.716. The molecule has 0 spiro atoms. The molecule has 9 heteroatoms. The largest absolute Gasteiger partial charge is 0.376 e. The molecule has 3 amide bonds. The molecular formula is C10H19N2O6P. The molecule has 0 aliphatic carbocycles. The van der Waals surface area contributed by atoms with E-state index in [1.165, 1.54) is 13.8 Å². The fraction of sp³-hybridized carbons (Fsp3) is 0.800. The highest BCUT2D eigenvalue weighted by molar-refractivity contribution is 7.54. The maximum absolute atomic E-state index is 12.4. The average Bonchev–Trinajstić information content (AvgIpc) is 2.70. The lowest BCUT2D eigenvalue weighted by Crippen LogP contribution is -2.49. The van der Waals surface area contributed by atoms with Gasteiger partial charge in [0, 0.05) is 13.1 Å². The van der Waals surface area contributed by atoms with E-state index >= 15 is 0 Å². The van der Waals surface area contributed by atoms with Gasteiger partial charge in [-0.25, -0.2) is 4.79 Å². The second-order valence-electron chi connectivity index (χ2n) is 4.43. The minimum Gasteiger partial charge on any atom is -0.376 e. The summed E-state index contributed by atoms with van der Waals surface area (Å²) >= 11 is 0. The van der Waals surface area contributed by atoms with Crippen LogP contribution in [0.2, 0.25) is 0 Å². The van der Waals surface area contributed by atoms with Crippen molar-refractivity contribution >= 4 is 19.5 Å². The minimum atomic E-state index is -4.69. The van der Waals surface area contributed by atoms with Crippen LogP contribution in [-0.2, 0) is 9.36 Å². The van der Waals surface area contributed by atoms with E-state index in [0.29, 0.717) is 0 Å². The molecule has 19 heavy (non-hydrogen) atoms. The van der Waals surface area contributed by atoms with Crippen LogP contribution in [0.1, 0.15) is 26.7 Å². The summed E-state index contributed by atoms with van der Waals surface area (Å²) in [6.45, 7) is 2.67. The Bertz CT molecular complexity index is 416. The third-order valence-corrected chi connectivity index (χ3v) is 5.58. The third kappa shape index (κ3) is 2.53. The smallest absolute Gasteiger partial charge is 0.341 e. The Hall–Kier alpha value is -0.950. The summed E-state index contributed by atoms with van der Waals surface area (Å²) < 4.78 is 11.6. The van der Waals surface area contributed by atoms with Crippen LogP contribution in [0, 0.1) is 0 Å². The van der Waals surface area contributed by atoms with E-state index in [4.69, 9.17) is 5.11 Å². The topological polar surface area (TPSA) is 118 Å². The van der Waals surface area contributed by atoms with E-state index in [1.807, 2.05) is 0 Å². The Morgan fingerprint density at radius 1 is 1.32 bits per heavy atom. The summed E-state index contributed by atoms with van der Waals surface area (Å²) in [5, 5.41) is 7.06. The predicted octanol–water partition coefficient (Wildman–Crippen LogP) is -0.0631. The minimum absolute atomic E-state index is 0.0278. The van der Waals surface area contributed by atoms with Crippen molar-refractivity contribution in [2.75, 3.05) is 19.8 Å². The number of urea groups is 1. The predicted molar refractivity (Wildman–Crippen MR) is 66.3 cm³/mol. The van der Waals surface area contributed by atoms with Crippen LogP contribution in [0.25, 0.3) is 0 Å². The normalized spacial score (nSPS) is 17.2. The van der Waals surface area contributed by atoms with Crippen molar-refractivity contribution < 1.29 is 29.0 Å². The summed E-state index contributed by atoms with van der Waals surface area (Å²) in [5.74, 6) is -0.869. The van der Waals surface area contributed by atoms with Crippen LogP contribution in [0.3, 0.4) is 0 Å². The molecule has 1 heterocycles.